The monoisotopic (exact) mass is 461 g/mol. The van der Waals surface area contributed by atoms with E-state index < -0.39 is 10.0 Å². The number of amides is 1. The van der Waals surface area contributed by atoms with Gasteiger partial charge in [-0.2, -0.15) is 4.31 Å². The molecule has 0 saturated carbocycles. The van der Waals surface area contributed by atoms with Crippen molar-refractivity contribution in [3.8, 4) is 11.5 Å². The topological polar surface area (TPSA) is 88.2 Å². The van der Waals surface area contributed by atoms with Crippen molar-refractivity contribution in [1.29, 1.82) is 0 Å². The van der Waals surface area contributed by atoms with Crippen molar-refractivity contribution in [2.24, 2.45) is 0 Å². The van der Waals surface area contributed by atoms with Crippen LogP contribution in [0.5, 0.6) is 11.5 Å². The third-order valence-corrected chi connectivity index (χ3v) is 7.03. The average Bonchev–Trinajstić information content (AvgIpc) is 2.80. The molecule has 174 valence electrons. The highest BCUT2D eigenvalue weighted by Gasteiger charge is 2.26. The molecule has 0 bridgehead atoms. The summed E-state index contributed by atoms with van der Waals surface area (Å²) < 4.78 is 37.5. The Hall–Kier alpha value is -2.62. The van der Waals surface area contributed by atoms with Crippen LogP contribution in [0.15, 0.2) is 54.6 Å². The number of carbonyl (C=O) groups excluding carboxylic acids is 1. The van der Waals surface area contributed by atoms with Gasteiger partial charge in [0.1, 0.15) is 11.5 Å². The van der Waals surface area contributed by atoms with Gasteiger partial charge in [0, 0.05) is 39.3 Å². The number of sulfonamides is 1. The molecule has 8 nitrogen and oxygen atoms in total. The summed E-state index contributed by atoms with van der Waals surface area (Å²) in [6.45, 7) is 5.49. The van der Waals surface area contributed by atoms with E-state index in [1.165, 1.54) is 9.87 Å². The summed E-state index contributed by atoms with van der Waals surface area (Å²) in [4.78, 5) is 14.2. The molecular formula is C23H31N3O5S. The van der Waals surface area contributed by atoms with Gasteiger partial charge in [-0.05, 0) is 36.8 Å². The number of nitrogens with one attached hydrogen (secondary N) is 1. The number of benzene rings is 2. The van der Waals surface area contributed by atoms with E-state index in [4.69, 9.17) is 9.47 Å². The predicted octanol–water partition coefficient (Wildman–Crippen LogP) is 1.73. The number of nitrogens with zero attached hydrogens (tertiary/aromatic N) is 2. The molecule has 1 amide bonds. The SMILES string of the molecule is CCOc1ccc(OCC(=O)NCCS(=O)(=O)N2CCN(Cc3ccccc3)CC2)cc1. The molecule has 0 spiro atoms. The van der Waals surface area contributed by atoms with E-state index >= 15 is 0 Å². The van der Waals surface area contributed by atoms with Crippen molar-refractivity contribution in [3.63, 3.8) is 0 Å². The van der Waals surface area contributed by atoms with Gasteiger partial charge in [-0.15, -0.1) is 0 Å². The number of hydrogen-bond acceptors (Lipinski definition) is 6. The minimum absolute atomic E-state index is 0.0536. The number of rotatable bonds is 11. The predicted molar refractivity (Wildman–Crippen MR) is 123 cm³/mol. The molecule has 1 saturated heterocycles. The van der Waals surface area contributed by atoms with Crippen molar-refractivity contribution >= 4 is 15.9 Å². The molecule has 2 aromatic rings. The Bertz CT molecular complexity index is 943. The van der Waals surface area contributed by atoms with Gasteiger partial charge in [0.25, 0.3) is 5.91 Å². The fraction of sp³-hybridized carbons (Fsp3) is 0.435. The normalized spacial score (nSPS) is 15.3. The molecule has 1 heterocycles. The van der Waals surface area contributed by atoms with Crippen molar-refractivity contribution < 1.29 is 22.7 Å². The largest absolute Gasteiger partial charge is 0.494 e. The lowest BCUT2D eigenvalue weighted by Gasteiger charge is -2.34. The molecule has 1 aliphatic rings. The summed E-state index contributed by atoms with van der Waals surface area (Å²) in [5.41, 5.74) is 1.22. The highest BCUT2D eigenvalue weighted by atomic mass is 32.2. The van der Waals surface area contributed by atoms with Gasteiger partial charge in [0.2, 0.25) is 10.0 Å². The molecule has 0 atom stereocenters. The molecule has 32 heavy (non-hydrogen) atoms. The van der Waals surface area contributed by atoms with Crippen LogP contribution in [0.1, 0.15) is 12.5 Å². The number of hydrogen-bond donors (Lipinski definition) is 1. The average molecular weight is 462 g/mol. The standard InChI is InChI=1S/C23H31N3O5S/c1-2-30-21-8-10-22(11-9-21)31-19-23(27)24-12-17-32(28,29)26-15-13-25(14-16-26)18-20-6-4-3-5-7-20/h3-11H,2,12-19H2,1H3,(H,24,27). The van der Waals surface area contributed by atoms with Gasteiger partial charge in [0.15, 0.2) is 6.61 Å². The zero-order valence-corrected chi connectivity index (χ0v) is 19.2. The molecule has 0 aromatic heterocycles. The fourth-order valence-corrected chi connectivity index (χ4v) is 4.79. The number of ether oxygens (including phenoxy) is 2. The molecule has 0 unspecified atom stereocenters. The van der Waals surface area contributed by atoms with Gasteiger partial charge >= 0.3 is 0 Å². The zero-order valence-electron chi connectivity index (χ0n) is 18.4. The Morgan fingerprint density at radius 3 is 2.19 bits per heavy atom. The number of piperazine rings is 1. The second-order valence-corrected chi connectivity index (χ2v) is 9.61. The summed E-state index contributed by atoms with van der Waals surface area (Å²) in [6, 6.07) is 17.1. The Morgan fingerprint density at radius 1 is 0.938 bits per heavy atom. The lowest BCUT2D eigenvalue weighted by atomic mass is 10.2. The molecule has 0 radical (unpaired) electrons. The Morgan fingerprint density at radius 2 is 1.56 bits per heavy atom. The lowest BCUT2D eigenvalue weighted by molar-refractivity contribution is -0.122. The second-order valence-electron chi connectivity index (χ2n) is 7.52. The van der Waals surface area contributed by atoms with Crippen LogP contribution < -0.4 is 14.8 Å². The summed E-state index contributed by atoms with van der Waals surface area (Å²) in [5.74, 6) is 0.794. The maximum Gasteiger partial charge on any atom is 0.257 e. The van der Waals surface area contributed by atoms with Crippen molar-refractivity contribution in [3.05, 3.63) is 60.2 Å². The molecular weight excluding hydrogens is 430 g/mol. The highest BCUT2D eigenvalue weighted by Crippen LogP contribution is 2.17. The van der Waals surface area contributed by atoms with Crippen LogP contribution in [-0.4, -0.2) is 75.2 Å². The summed E-state index contributed by atoms with van der Waals surface area (Å²) in [5, 5.41) is 2.62. The van der Waals surface area contributed by atoms with Crippen molar-refractivity contribution in [2.75, 3.05) is 51.7 Å². The first kappa shape index (κ1) is 24.0. The molecule has 2 aromatic carbocycles. The van der Waals surface area contributed by atoms with E-state index in [2.05, 4.69) is 22.3 Å². The van der Waals surface area contributed by atoms with Crippen LogP contribution in [0.25, 0.3) is 0 Å². The third kappa shape index (κ3) is 7.51. The van der Waals surface area contributed by atoms with Gasteiger partial charge in [0.05, 0.1) is 12.4 Å². The molecule has 1 N–H and O–H groups in total. The van der Waals surface area contributed by atoms with Crippen molar-refractivity contribution in [2.45, 2.75) is 13.5 Å². The van der Waals surface area contributed by atoms with E-state index in [1.54, 1.807) is 24.3 Å². The minimum atomic E-state index is -3.42. The van der Waals surface area contributed by atoms with E-state index in [0.717, 1.165) is 12.3 Å². The third-order valence-electron chi connectivity index (χ3n) is 5.16. The summed E-state index contributed by atoms with van der Waals surface area (Å²) in [7, 11) is -3.42. The molecule has 1 aliphatic heterocycles. The molecule has 9 heteroatoms. The van der Waals surface area contributed by atoms with Gasteiger partial charge in [-0.1, -0.05) is 30.3 Å². The molecule has 1 fully saturated rings. The zero-order chi connectivity index (χ0) is 22.8. The van der Waals surface area contributed by atoms with Crippen LogP contribution in [0, 0.1) is 0 Å². The molecule has 0 aliphatic carbocycles. The van der Waals surface area contributed by atoms with Crippen LogP contribution in [0.3, 0.4) is 0 Å². The van der Waals surface area contributed by atoms with Gasteiger partial charge < -0.3 is 14.8 Å². The van der Waals surface area contributed by atoms with E-state index in [9.17, 15) is 13.2 Å². The van der Waals surface area contributed by atoms with Gasteiger partial charge in [-0.3, -0.25) is 9.69 Å². The smallest absolute Gasteiger partial charge is 0.257 e. The Kier molecular flexibility index (Phi) is 8.90. The van der Waals surface area contributed by atoms with E-state index in [0.29, 0.717) is 38.5 Å². The van der Waals surface area contributed by atoms with E-state index in [1.807, 2.05) is 25.1 Å². The first-order valence-electron chi connectivity index (χ1n) is 10.8. The van der Waals surface area contributed by atoms with Crippen molar-refractivity contribution in [1.82, 2.24) is 14.5 Å². The van der Waals surface area contributed by atoms with Gasteiger partial charge in [-0.25, -0.2) is 8.42 Å². The second kappa shape index (κ2) is 11.8. The minimum Gasteiger partial charge on any atom is -0.494 e. The van der Waals surface area contributed by atoms with Crippen LogP contribution in [0.4, 0.5) is 0 Å². The first-order valence-corrected chi connectivity index (χ1v) is 12.4. The Balaban J connectivity index is 1.34. The number of carbonyl (C=O) groups is 1. The Labute approximate surface area is 190 Å². The van der Waals surface area contributed by atoms with Crippen LogP contribution >= 0.6 is 0 Å². The first-order chi connectivity index (χ1) is 15.5. The summed E-state index contributed by atoms with van der Waals surface area (Å²) >= 11 is 0. The summed E-state index contributed by atoms with van der Waals surface area (Å²) in [6.07, 6.45) is 0. The lowest BCUT2D eigenvalue weighted by Crippen LogP contribution is -2.49. The maximum absolute atomic E-state index is 12.6. The van der Waals surface area contributed by atoms with E-state index in [-0.39, 0.29) is 24.8 Å². The molecule has 3 rings (SSSR count). The quantitative estimate of drug-likeness (QED) is 0.548. The van der Waals surface area contributed by atoms with Crippen LogP contribution in [0.2, 0.25) is 0 Å². The highest BCUT2D eigenvalue weighted by molar-refractivity contribution is 7.89. The maximum atomic E-state index is 12.6. The van der Waals surface area contributed by atoms with Crippen LogP contribution in [-0.2, 0) is 21.4 Å². The fourth-order valence-electron chi connectivity index (χ4n) is 3.45.